The van der Waals surface area contributed by atoms with E-state index in [1.165, 1.54) is 5.56 Å². The Morgan fingerprint density at radius 2 is 1.71 bits per heavy atom. The van der Waals surface area contributed by atoms with Gasteiger partial charge in [-0.15, -0.1) is 0 Å². The molecule has 124 valence electrons. The van der Waals surface area contributed by atoms with Crippen LogP contribution in [-0.2, 0) is 6.54 Å². The zero-order valence-corrected chi connectivity index (χ0v) is 14.5. The minimum absolute atomic E-state index is 0.256. The molecule has 0 atom stereocenters. The lowest BCUT2D eigenvalue weighted by Crippen LogP contribution is -2.26. The van der Waals surface area contributed by atoms with Crippen molar-refractivity contribution in [2.45, 2.75) is 27.3 Å². The van der Waals surface area contributed by atoms with E-state index in [9.17, 15) is 0 Å². The fraction of sp³-hybridized carbons (Fsp3) is 0.300. The Morgan fingerprint density at radius 3 is 2.38 bits per heavy atom. The predicted octanol–water partition coefficient (Wildman–Crippen LogP) is 4.07. The van der Waals surface area contributed by atoms with Crippen molar-refractivity contribution in [1.29, 1.82) is 0 Å². The molecule has 1 N–H and O–H groups in total. The minimum Gasteiger partial charge on any atom is -0.312 e. The number of aromatic nitrogens is 3. The molecule has 1 aromatic carbocycles. The Labute approximate surface area is 143 Å². The van der Waals surface area contributed by atoms with Gasteiger partial charge in [-0.05, 0) is 29.7 Å². The van der Waals surface area contributed by atoms with Gasteiger partial charge >= 0.3 is 0 Å². The molecule has 3 aromatic rings. The lowest BCUT2D eigenvalue weighted by molar-refractivity contribution is 0.379. The van der Waals surface area contributed by atoms with Gasteiger partial charge in [-0.3, -0.25) is 4.98 Å². The van der Waals surface area contributed by atoms with Gasteiger partial charge in [0.15, 0.2) is 0 Å². The summed E-state index contributed by atoms with van der Waals surface area (Å²) in [6.45, 7) is 8.45. The normalized spacial score (nSPS) is 11.6. The number of nitrogens with one attached hydrogen (secondary N) is 1. The van der Waals surface area contributed by atoms with Gasteiger partial charge in [0.1, 0.15) is 0 Å². The van der Waals surface area contributed by atoms with Crippen LogP contribution in [0.15, 0.2) is 61.1 Å². The molecule has 0 saturated carbocycles. The first-order valence-corrected chi connectivity index (χ1v) is 8.28. The highest BCUT2D eigenvalue weighted by molar-refractivity contribution is 5.62. The Morgan fingerprint density at radius 1 is 1.00 bits per heavy atom. The second-order valence-electron chi connectivity index (χ2n) is 7.18. The number of pyridine rings is 1. The predicted molar refractivity (Wildman–Crippen MR) is 98.0 cm³/mol. The molecule has 0 fully saturated rings. The maximum Gasteiger partial charge on any atom is 0.0973 e. The van der Waals surface area contributed by atoms with Crippen LogP contribution in [0.3, 0.4) is 0 Å². The molecule has 0 bridgehead atoms. The highest BCUT2D eigenvalue weighted by Crippen LogP contribution is 2.23. The fourth-order valence-electron chi connectivity index (χ4n) is 2.58. The van der Waals surface area contributed by atoms with Crippen molar-refractivity contribution in [1.82, 2.24) is 20.1 Å². The van der Waals surface area contributed by atoms with E-state index in [4.69, 9.17) is 5.10 Å². The number of hydrogen-bond donors (Lipinski definition) is 1. The molecule has 0 unspecified atom stereocenters. The van der Waals surface area contributed by atoms with Gasteiger partial charge in [-0.1, -0.05) is 39.0 Å². The first kappa shape index (κ1) is 16.4. The Balaban J connectivity index is 1.92. The standard InChI is InChI=1S/C20H24N4/c1-20(2,3)15-22-13-17-14-24(18-7-5-4-6-8-18)23-19(17)16-9-11-21-12-10-16/h4-12,14,22H,13,15H2,1-3H3. The van der Waals surface area contributed by atoms with Crippen molar-refractivity contribution in [2.75, 3.05) is 6.54 Å². The smallest absolute Gasteiger partial charge is 0.0973 e. The van der Waals surface area contributed by atoms with Crippen molar-refractivity contribution in [2.24, 2.45) is 5.41 Å². The summed E-state index contributed by atoms with van der Waals surface area (Å²) in [4.78, 5) is 4.11. The van der Waals surface area contributed by atoms with Crippen molar-refractivity contribution < 1.29 is 0 Å². The van der Waals surface area contributed by atoms with E-state index in [0.29, 0.717) is 0 Å². The number of rotatable bonds is 5. The molecule has 24 heavy (non-hydrogen) atoms. The van der Waals surface area contributed by atoms with Crippen LogP contribution in [0, 0.1) is 5.41 Å². The van der Waals surface area contributed by atoms with E-state index >= 15 is 0 Å². The number of nitrogens with zero attached hydrogens (tertiary/aromatic N) is 3. The van der Waals surface area contributed by atoms with E-state index < -0.39 is 0 Å². The Kier molecular flexibility index (Phi) is 4.76. The van der Waals surface area contributed by atoms with Crippen LogP contribution in [-0.4, -0.2) is 21.3 Å². The van der Waals surface area contributed by atoms with Gasteiger partial charge in [0.05, 0.1) is 11.4 Å². The average molecular weight is 320 g/mol. The summed E-state index contributed by atoms with van der Waals surface area (Å²) >= 11 is 0. The molecule has 2 aromatic heterocycles. The van der Waals surface area contributed by atoms with Gasteiger partial charge in [0.2, 0.25) is 0 Å². The highest BCUT2D eigenvalue weighted by atomic mass is 15.3. The topological polar surface area (TPSA) is 42.7 Å². The molecule has 0 spiro atoms. The van der Waals surface area contributed by atoms with Gasteiger partial charge < -0.3 is 5.32 Å². The van der Waals surface area contributed by atoms with Crippen LogP contribution in [0.4, 0.5) is 0 Å². The van der Waals surface area contributed by atoms with E-state index in [0.717, 1.165) is 30.0 Å². The van der Waals surface area contributed by atoms with E-state index in [1.807, 2.05) is 47.4 Å². The number of benzene rings is 1. The van der Waals surface area contributed by atoms with Crippen molar-refractivity contribution in [3.63, 3.8) is 0 Å². The molecule has 0 aliphatic carbocycles. The molecular weight excluding hydrogens is 296 g/mol. The second kappa shape index (κ2) is 6.97. The molecule has 2 heterocycles. The first-order valence-electron chi connectivity index (χ1n) is 8.28. The van der Waals surface area contributed by atoms with Crippen molar-refractivity contribution in [3.8, 4) is 16.9 Å². The highest BCUT2D eigenvalue weighted by Gasteiger charge is 2.14. The average Bonchev–Trinajstić information content (AvgIpc) is 2.99. The lowest BCUT2D eigenvalue weighted by atomic mass is 9.97. The van der Waals surface area contributed by atoms with Gasteiger partial charge in [-0.2, -0.15) is 5.10 Å². The maximum absolute atomic E-state index is 4.81. The molecule has 0 amide bonds. The quantitative estimate of drug-likeness (QED) is 0.770. The summed E-state index contributed by atoms with van der Waals surface area (Å²) < 4.78 is 1.95. The fourth-order valence-corrected chi connectivity index (χ4v) is 2.58. The number of hydrogen-bond acceptors (Lipinski definition) is 3. The van der Waals surface area contributed by atoms with Crippen LogP contribution in [0.5, 0.6) is 0 Å². The van der Waals surface area contributed by atoms with Gasteiger partial charge in [0.25, 0.3) is 0 Å². The maximum atomic E-state index is 4.81. The molecular formula is C20H24N4. The second-order valence-corrected chi connectivity index (χ2v) is 7.18. The summed E-state index contributed by atoms with van der Waals surface area (Å²) in [5.74, 6) is 0. The number of para-hydroxylation sites is 1. The van der Waals surface area contributed by atoms with Gasteiger partial charge in [-0.25, -0.2) is 4.68 Å². The summed E-state index contributed by atoms with van der Waals surface area (Å²) in [6.07, 6.45) is 5.73. The van der Waals surface area contributed by atoms with E-state index in [-0.39, 0.29) is 5.41 Å². The third kappa shape index (κ3) is 4.09. The van der Waals surface area contributed by atoms with Crippen LogP contribution >= 0.6 is 0 Å². The van der Waals surface area contributed by atoms with Crippen LogP contribution < -0.4 is 5.32 Å². The Hall–Kier alpha value is -2.46. The monoisotopic (exact) mass is 320 g/mol. The molecule has 4 nitrogen and oxygen atoms in total. The molecule has 0 aliphatic rings. The molecule has 3 rings (SSSR count). The first-order chi connectivity index (χ1) is 11.5. The zero-order valence-electron chi connectivity index (χ0n) is 14.5. The van der Waals surface area contributed by atoms with Crippen molar-refractivity contribution >= 4 is 0 Å². The molecule has 0 aliphatic heterocycles. The third-order valence-electron chi connectivity index (χ3n) is 3.74. The van der Waals surface area contributed by atoms with Crippen LogP contribution in [0.1, 0.15) is 26.3 Å². The van der Waals surface area contributed by atoms with Crippen LogP contribution in [0.25, 0.3) is 16.9 Å². The minimum atomic E-state index is 0.256. The molecule has 0 radical (unpaired) electrons. The third-order valence-corrected chi connectivity index (χ3v) is 3.74. The molecule has 4 heteroatoms. The summed E-state index contributed by atoms with van der Waals surface area (Å²) in [6, 6.07) is 14.2. The SMILES string of the molecule is CC(C)(C)CNCc1cn(-c2ccccc2)nc1-c1ccncc1. The summed E-state index contributed by atoms with van der Waals surface area (Å²) in [7, 11) is 0. The van der Waals surface area contributed by atoms with Crippen LogP contribution in [0.2, 0.25) is 0 Å². The zero-order chi connectivity index (χ0) is 17.0. The van der Waals surface area contributed by atoms with Gasteiger partial charge in [0, 0.05) is 42.8 Å². The summed E-state index contributed by atoms with van der Waals surface area (Å²) in [5, 5.41) is 8.36. The van der Waals surface area contributed by atoms with E-state index in [2.05, 4.69) is 49.4 Å². The van der Waals surface area contributed by atoms with Crippen molar-refractivity contribution in [3.05, 3.63) is 66.6 Å². The largest absolute Gasteiger partial charge is 0.312 e. The van der Waals surface area contributed by atoms with E-state index in [1.54, 1.807) is 0 Å². The molecule has 0 saturated heterocycles. The lowest BCUT2D eigenvalue weighted by Gasteiger charge is -2.18. The summed E-state index contributed by atoms with van der Waals surface area (Å²) in [5.41, 5.74) is 4.60. The Bertz CT molecular complexity index is 770.